The lowest BCUT2D eigenvalue weighted by molar-refractivity contribution is 0.475. The molecule has 7 nitrogen and oxygen atoms in total. The third-order valence-corrected chi connectivity index (χ3v) is 8.32. The zero-order valence-electron chi connectivity index (χ0n) is 22.0. The van der Waals surface area contributed by atoms with Gasteiger partial charge in [-0.3, -0.25) is 4.72 Å². The fraction of sp³-hybridized carbons (Fsp3) is 0.0303. The van der Waals surface area contributed by atoms with Gasteiger partial charge in [-0.2, -0.15) is 5.26 Å². The molecule has 4 aromatic carbocycles. The molecule has 0 atom stereocenters. The zero-order valence-corrected chi connectivity index (χ0v) is 22.8. The molecule has 6 aromatic rings. The lowest BCUT2D eigenvalue weighted by Crippen LogP contribution is -2.12. The lowest BCUT2D eigenvalue weighted by Gasteiger charge is -2.14. The Morgan fingerprint density at radius 2 is 1.54 bits per heavy atom. The third kappa shape index (κ3) is 5.02. The highest BCUT2D eigenvalue weighted by Crippen LogP contribution is 2.38. The van der Waals surface area contributed by atoms with Gasteiger partial charge < -0.3 is 10.1 Å². The maximum absolute atomic E-state index is 12.9. The van der Waals surface area contributed by atoms with Crippen LogP contribution in [-0.2, 0) is 10.0 Å². The molecule has 0 radical (unpaired) electrons. The Labute approximate surface area is 237 Å². The van der Waals surface area contributed by atoms with Crippen LogP contribution >= 0.6 is 0 Å². The molecular formula is C33H24N4O3S. The molecule has 2 heterocycles. The number of anilines is 1. The number of nitrogens with one attached hydrogen (secondary N) is 2. The molecule has 0 bridgehead atoms. The van der Waals surface area contributed by atoms with E-state index in [1.54, 1.807) is 72.8 Å². The average Bonchev–Trinajstić information content (AvgIpc) is 3.41. The maximum Gasteiger partial charge on any atom is 0.261 e. The molecule has 3 N–H and O–H groups in total. The molecule has 0 unspecified atom stereocenters. The van der Waals surface area contributed by atoms with E-state index in [9.17, 15) is 18.8 Å². The smallest absolute Gasteiger partial charge is 0.261 e. The van der Waals surface area contributed by atoms with Gasteiger partial charge in [0.05, 0.1) is 21.8 Å². The lowest BCUT2D eigenvalue weighted by atomic mass is 9.94. The highest BCUT2D eigenvalue weighted by molar-refractivity contribution is 7.92. The van der Waals surface area contributed by atoms with Gasteiger partial charge in [0.25, 0.3) is 10.0 Å². The molecule has 2 aromatic heterocycles. The number of para-hydroxylation sites is 1. The minimum absolute atomic E-state index is 0.127. The number of benzene rings is 4. The van der Waals surface area contributed by atoms with Crippen LogP contribution in [0.4, 0.5) is 5.69 Å². The molecule has 0 aliphatic carbocycles. The van der Waals surface area contributed by atoms with E-state index in [2.05, 4.69) is 15.8 Å². The van der Waals surface area contributed by atoms with Gasteiger partial charge in [0, 0.05) is 39.5 Å². The van der Waals surface area contributed by atoms with Crippen LogP contribution in [0.2, 0.25) is 0 Å². The van der Waals surface area contributed by atoms with Gasteiger partial charge in [-0.25, -0.2) is 13.4 Å². The van der Waals surface area contributed by atoms with Crippen LogP contribution in [0.5, 0.6) is 5.75 Å². The summed E-state index contributed by atoms with van der Waals surface area (Å²) in [6.07, 6.45) is 1.85. The molecule has 0 fully saturated rings. The number of phenolic OH excluding ortho intramolecular Hbond substituents is 1. The highest BCUT2D eigenvalue weighted by atomic mass is 32.2. The number of aryl methyl sites for hydroxylation is 1. The van der Waals surface area contributed by atoms with Crippen LogP contribution in [0.3, 0.4) is 0 Å². The summed E-state index contributed by atoms with van der Waals surface area (Å²) >= 11 is 0. The average molecular weight is 557 g/mol. The predicted molar refractivity (Wildman–Crippen MR) is 161 cm³/mol. The Balaban J connectivity index is 1.45. The van der Waals surface area contributed by atoms with E-state index >= 15 is 0 Å². The van der Waals surface area contributed by atoms with Crippen LogP contribution in [0.25, 0.3) is 44.5 Å². The molecule has 6 rings (SSSR count). The maximum atomic E-state index is 12.9. The Morgan fingerprint density at radius 3 is 2.24 bits per heavy atom. The number of aromatic hydroxyl groups is 1. The fourth-order valence-electron chi connectivity index (χ4n) is 4.78. The second-order valence-electron chi connectivity index (χ2n) is 9.68. The molecule has 0 saturated carbocycles. The number of sulfonamides is 1. The number of nitriles is 1. The van der Waals surface area contributed by atoms with Crippen molar-refractivity contribution in [2.75, 3.05) is 4.72 Å². The van der Waals surface area contributed by atoms with Crippen molar-refractivity contribution in [3.8, 4) is 45.5 Å². The van der Waals surface area contributed by atoms with Crippen molar-refractivity contribution in [2.24, 2.45) is 0 Å². The van der Waals surface area contributed by atoms with E-state index in [4.69, 9.17) is 4.98 Å². The summed E-state index contributed by atoms with van der Waals surface area (Å²) in [4.78, 5) is 8.38. The Morgan fingerprint density at radius 1 is 0.854 bits per heavy atom. The van der Waals surface area contributed by atoms with Crippen LogP contribution in [0, 0.1) is 18.3 Å². The minimum atomic E-state index is -3.75. The first-order valence-electron chi connectivity index (χ1n) is 12.8. The topological polar surface area (TPSA) is 119 Å². The molecule has 0 amide bonds. The summed E-state index contributed by atoms with van der Waals surface area (Å²) in [6, 6.07) is 32.3. The minimum Gasteiger partial charge on any atom is -0.508 e. The largest absolute Gasteiger partial charge is 0.508 e. The quantitative estimate of drug-likeness (QED) is 0.200. The molecule has 0 saturated heterocycles. The highest BCUT2D eigenvalue weighted by Gasteiger charge is 2.20. The third-order valence-electron chi connectivity index (χ3n) is 6.92. The Hall–Kier alpha value is -5.39. The van der Waals surface area contributed by atoms with Gasteiger partial charge in [-0.05, 0) is 61.0 Å². The van der Waals surface area contributed by atoms with E-state index in [0.717, 1.165) is 33.2 Å². The van der Waals surface area contributed by atoms with Crippen molar-refractivity contribution in [2.45, 2.75) is 11.8 Å². The second-order valence-corrected chi connectivity index (χ2v) is 11.4. The summed E-state index contributed by atoms with van der Waals surface area (Å²) in [6.45, 7) is 1.90. The normalized spacial score (nSPS) is 11.3. The number of aromatic amines is 1. The molecular weight excluding hydrogens is 532 g/mol. The van der Waals surface area contributed by atoms with Crippen molar-refractivity contribution in [1.82, 2.24) is 9.97 Å². The number of nitrogens with zero attached hydrogens (tertiary/aromatic N) is 2. The van der Waals surface area contributed by atoms with Crippen LogP contribution in [0.15, 0.2) is 114 Å². The standard InChI is InChI=1S/C33H24N4O3S/c1-21-6-16-26(17-7-21)41(39,40)37-24-12-8-23(9-13-24)32-18-28(22-10-14-25(38)15-11-22)29(19-34)33(36-32)30-20-35-31-5-3-2-4-27(30)31/h2-18,20,35,37-38H,1H3. The molecule has 0 aliphatic heterocycles. The summed E-state index contributed by atoms with van der Waals surface area (Å²) in [5.41, 5.74) is 6.82. The molecule has 0 aliphatic rings. The first kappa shape index (κ1) is 25.9. The van der Waals surface area contributed by atoms with Crippen LogP contribution in [0.1, 0.15) is 11.1 Å². The molecule has 8 heteroatoms. The molecule has 41 heavy (non-hydrogen) atoms. The van der Waals surface area contributed by atoms with Crippen molar-refractivity contribution < 1.29 is 13.5 Å². The van der Waals surface area contributed by atoms with E-state index in [1.807, 2.05) is 43.5 Å². The van der Waals surface area contributed by atoms with Gasteiger partial charge in [0.15, 0.2) is 0 Å². The van der Waals surface area contributed by atoms with Gasteiger partial charge in [0.2, 0.25) is 0 Å². The summed E-state index contributed by atoms with van der Waals surface area (Å²) in [5.74, 6) is 0.127. The number of fused-ring (bicyclic) bond motifs is 1. The van der Waals surface area contributed by atoms with Crippen LogP contribution in [-0.4, -0.2) is 23.5 Å². The summed E-state index contributed by atoms with van der Waals surface area (Å²) in [7, 11) is -3.75. The SMILES string of the molecule is Cc1ccc(S(=O)(=O)Nc2ccc(-c3cc(-c4ccc(O)cc4)c(C#N)c(-c4c[nH]c5ccccc45)n3)cc2)cc1. The molecule has 0 spiro atoms. The monoisotopic (exact) mass is 556 g/mol. The van der Waals surface area contributed by atoms with E-state index in [1.165, 1.54) is 0 Å². The predicted octanol–water partition coefficient (Wildman–Crippen LogP) is 7.25. The van der Waals surface area contributed by atoms with Crippen molar-refractivity contribution in [1.29, 1.82) is 5.26 Å². The Kier molecular flexibility index (Phi) is 6.50. The van der Waals surface area contributed by atoms with Crippen molar-refractivity contribution >= 4 is 26.6 Å². The van der Waals surface area contributed by atoms with Gasteiger partial charge in [-0.1, -0.05) is 60.2 Å². The van der Waals surface area contributed by atoms with E-state index < -0.39 is 10.0 Å². The first-order chi connectivity index (χ1) is 19.8. The molecule has 200 valence electrons. The second kappa shape index (κ2) is 10.3. The number of hydrogen-bond acceptors (Lipinski definition) is 5. The number of H-pyrrole nitrogens is 1. The van der Waals surface area contributed by atoms with Crippen LogP contribution < -0.4 is 4.72 Å². The summed E-state index contributed by atoms with van der Waals surface area (Å²) in [5, 5.41) is 21.1. The first-order valence-corrected chi connectivity index (χ1v) is 14.3. The fourth-order valence-corrected chi connectivity index (χ4v) is 5.84. The summed E-state index contributed by atoms with van der Waals surface area (Å²) < 4.78 is 28.4. The van der Waals surface area contributed by atoms with Crippen molar-refractivity contribution in [3.63, 3.8) is 0 Å². The number of aromatic nitrogens is 2. The number of rotatable bonds is 6. The van der Waals surface area contributed by atoms with Crippen molar-refractivity contribution in [3.05, 3.63) is 120 Å². The number of phenols is 1. The van der Waals surface area contributed by atoms with E-state index in [-0.39, 0.29) is 10.6 Å². The van der Waals surface area contributed by atoms with Gasteiger partial charge in [0.1, 0.15) is 11.8 Å². The number of hydrogen-bond donors (Lipinski definition) is 3. The Bertz CT molecular complexity index is 2040. The van der Waals surface area contributed by atoms with Gasteiger partial charge >= 0.3 is 0 Å². The number of pyridine rings is 1. The zero-order chi connectivity index (χ0) is 28.6. The van der Waals surface area contributed by atoms with E-state index in [0.29, 0.717) is 28.2 Å². The van der Waals surface area contributed by atoms with Gasteiger partial charge in [-0.15, -0.1) is 0 Å².